The summed E-state index contributed by atoms with van der Waals surface area (Å²) in [7, 11) is 4.29. The van der Waals surface area contributed by atoms with E-state index in [2.05, 4.69) is 16.0 Å². The standard InChI is InChI=1S/3C5H8ClNO2.Fe/c3*1-3(8)4(6)5(9)7-2;/h3*4H,1-2H3,(H,7,9);. The van der Waals surface area contributed by atoms with Gasteiger partial charge < -0.3 is 16.0 Å². The first-order chi connectivity index (χ1) is 12.3. The summed E-state index contributed by atoms with van der Waals surface area (Å²) in [6.45, 7) is 3.81. The SMILES string of the molecule is CNC(=O)C(Cl)C(C)=O.CNC(=O)C(Cl)C(C)=O.CNC(=O)C(Cl)C(C)=O.[Fe]. The van der Waals surface area contributed by atoms with Crippen LogP contribution < -0.4 is 16.0 Å². The molecule has 0 aliphatic heterocycles. The van der Waals surface area contributed by atoms with Crippen LogP contribution in [-0.2, 0) is 45.8 Å². The van der Waals surface area contributed by atoms with Crippen LogP contribution in [0.25, 0.3) is 0 Å². The molecule has 0 bridgehead atoms. The number of ketones is 3. The van der Waals surface area contributed by atoms with Crippen molar-refractivity contribution in [1.29, 1.82) is 0 Å². The number of nitrogens with one attached hydrogen (secondary N) is 3. The molecule has 0 aliphatic carbocycles. The first-order valence-corrected chi connectivity index (χ1v) is 8.67. The van der Waals surface area contributed by atoms with Gasteiger partial charge in [0, 0.05) is 38.2 Å². The second-order valence-electron chi connectivity index (χ2n) is 4.76. The van der Waals surface area contributed by atoms with E-state index in [4.69, 9.17) is 34.8 Å². The Morgan fingerprint density at radius 1 is 0.536 bits per heavy atom. The molecule has 0 saturated carbocycles. The van der Waals surface area contributed by atoms with E-state index in [-0.39, 0.29) is 34.4 Å². The fourth-order valence-corrected chi connectivity index (χ4v) is 1.26. The molecule has 3 unspecified atom stereocenters. The molecule has 0 rings (SSSR count). The van der Waals surface area contributed by atoms with E-state index >= 15 is 0 Å². The van der Waals surface area contributed by atoms with Crippen molar-refractivity contribution >= 4 is 69.9 Å². The van der Waals surface area contributed by atoms with Crippen LogP contribution in [0.4, 0.5) is 0 Å². The van der Waals surface area contributed by atoms with Gasteiger partial charge in [0.2, 0.25) is 17.7 Å². The average Bonchev–Trinajstić information content (AvgIpc) is 2.64. The van der Waals surface area contributed by atoms with Crippen molar-refractivity contribution < 1.29 is 45.8 Å². The predicted octanol–water partition coefficient (Wildman–Crippen LogP) is -0.216. The van der Waals surface area contributed by atoms with Gasteiger partial charge in [0.25, 0.3) is 0 Å². The molecule has 0 fully saturated rings. The second-order valence-corrected chi connectivity index (χ2v) is 6.07. The molecule has 0 heterocycles. The Morgan fingerprint density at radius 3 is 0.714 bits per heavy atom. The number of amides is 3. The zero-order chi connectivity index (χ0) is 22.3. The topological polar surface area (TPSA) is 139 Å². The first-order valence-electron chi connectivity index (χ1n) is 7.36. The summed E-state index contributed by atoms with van der Waals surface area (Å²) in [6.07, 6.45) is 0. The zero-order valence-electron chi connectivity index (χ0n) is 16.2. The number of alkyl halides is 3. The molecule has 3 N–H and O–H groups in total. The van der Waals surface area contributed by atoms with Crippen LogP contribution in [-0.4, -0.2) is 72.3 Å². The number of carbonyl (C=O) groups is 6. The second kappa shape index (κ2) is 19.1. The minimum Gasteiger partial charge on any atom is -0.357 e. The minimum absolute atomic E-state index is 0. The van der Waals surface area contributed by atoms with E-state index in [0.717, 1.165) is 0 Å². The van der Waals surface area contributed by atoms with Gasteiger partial charge in [0.1, 0.15) is 0 Å². The van der Waals surface area contributed by atoms with Crippen LogP contribution in [0, 0.1) is 0 Å². The maximum atomic E-state index is 10.5. The third kappa shape index (κ3) is 16.9. The molecule has 0 spiro atoms. The third-order valence-electron chi connectivity index (χ3n) is 2.50. The van der Waals surface area contributed by atoms with Crippen molar-refractivity contribution in [2.75, 3.05) is 21.1 Å². The van der Waals surface area contributed by atoms with Gasteiger partial charge in [-0.2, -0.15) is 0 Å². The molecule has 0 saturated heterocycles. The molecule has 3 atom stereocenters. The van der Waals surface area contributed by atoms with Crippen molar-refractivity contribution in [3.63, 3.8) is 0 Å². The van der Waals surface area contributed by atoms with Crippen molar-refractivity contribution in [1.82, 2.24) is 16.0 Å². The van der Waals surface area contributed by atoms with Crippen LogP contribution in [0.3, 0.4) is 0 Å². The number of hydrogen-bond donors (Lipinski definition) is 3. The average molecular weight is 505 g/mol. The van der Waals surface area contributed by atoms with E-state index in [1.165, 1.54) is 41.9 Å². The Kier molecular flexibility index (Phi) is 23.5. The van der Waals surface area contributed by atoms with Gasteiger partial charge in [-0.15, -0.1) is 34.8 Å². The Hall–Kier alpha value is -1.19. The predicted molar refractivity (Wildman–Crippen MR) is 103 cm³/mol. The summed E-state index contributed by atoms with van der Waals surface area (Å²) in [5.41, 5.74) is 0. The minimum atomic E-state index is -1.03. The van der Waals surface area contributed by atoms with Crippen LogP contribution >= 0.6 is 34.8 Å². The van der Waals surface area contributed by atoms with Crippen molar-refractivity contribution in [2.24, 2.45) is 0 Å². The normalized spacial score (nSPS) is 11.9. The molecule has 0 aromatic heterocycles. The molecule has 164 valence electrons. The number of halogens is 3. The molecule has 0 aromatic carbocycles. The van der Waals surface area contributed by atoms with E-state index in [0.29, 0.717) is 0 Å². The first kappa shape index (κ1) is 34.3. The largest absolute Gasteiger partial charge is 0.357 e. The fraction of sp³-hybridized carbons (Fsp3) is 0.600. The molecule has 28 heavy (non-hydrogen) atoms. The quantitative estimate of drug-likeness (QED) is 0.260. The van der Waals surface area contributed by atoms with Crippen LogP contribution in [0.1, 0.15) is 20.8 Å². The Morgan fingerprint density at radius 2 is 0.679 bits per heavy atom. The number of rotatable bonds is 6. The summed E-state index contributed by atoms with van der Waals surface area (Å²) in [4.78, 5) is 62.5. The van der Waals surface area contributed by atoms with Crippen molar-refractivity contribution in [3.8, 4) is 0 Å². The van der Waals surface area contributed by atoms with Gasteiger partial charge in [-0.05, 0) is 20.8 Å². The molecular formula is C15H24Cl3FeN3O6. The van der Waals surface area contributed by atoms with Gasteiger partial charge in [-0.3, -0.25) is 28.8 Å². The van der Waals surface area contributed by atoms with E-state index in [1.807, 2.05) is 0 Å². The van der Waals surface area contributed by atoms with E-state index in [1.54, 1.807) is 0 Å². The Balaban J connectivity index is -0.000000152. The van der Waals surface area contributed by atoms with Crippen LogP contribution in [0.2, 0.25) is 0 Å². The summed E-state index contributed by atoms with van der Waals surface area (Å²) >= 11 is 15.9. The monoisotopic (exact) mass is 503 g/mol. The maximum Gasteiger partial charge on any atom is 0.245 e. The molecule has 9 nitrogen and oxygen atoms in total. The van der Waals surface area contributed by atoms with Crippen molar-refractivity contribution in [2.45, 2.75) is 36.9 Å². The van der Waals surface area contributed by atoms with Gasteiger partial charge in [-0.1, -0.05) is 0 Å². The molecule has 0 aromatic rings. The Bertz CT molecular complexity index is 487. The molecule has 0 radical (unpaired) electrons. The zero-order valence-corrected chi connectivity index (χ0v) is 19.5. The van der Waals surface area contributed by atoms with Gasteiger partial charge in [0.15, 0.2) is 33.5 Å². The van der Waals surface area contributed by atoms with Gasteiger partial charge in [0.05, 0.1) is 0 Å². The fourth-order valence-electron chi connectivity index (χ4n) is 0.934. The smallest absolute Gasteiger partial charge is 0.245 e. The number of carbonyl (C=O) groups excluding carboxylic acids is 6. The maximum absolute atomic E-state index is 10.5. The molecule has 13 heteroatoms. The Labute approximate surface area is 189 Å². The van der Waals surface area contributed by atoms with Gasteiger partial charge in [-0.25, -0.2) is 0 Å². The number of Topliss-reactive ketones (excluding diaryl/α,β-unsaturated/α-hetero) is 3. The van der Waals surface area contributed by atoms with Crippen LogP contribution in [0.5, 0.6) is 0 Å². The summed E-state index contributed by atoms with van der Waals surface area (Å²) in [5.74, 6) is -2.37. The van der Waals surface area contributed by atoms with E-state index in [9.17, 15) is 28.8 Å². The summed E-state index contributed by atoms with van der Waals surface area (Å²) < 4.78 is 0. The van der Waals surface area contributed by atoms with E-state index < -0.39 is 33.9 Å². The molecule has 0 aliphatic rings. The van der Waals surface area contributed by atoms with Gasteiger partial charge >= 0.3 is 0 Å². The summed E-state index contributed by atoms with van der Waals surface area (Å²) in [5, 5.41) is 3.67. The molecule has 3 amide bonds. The summed E-state index contributed by atoms with van der Waals surface area (Å²) in [6, 6.07) is 0. The number of hydrogen-bond acceptors (Lipinski definition) is 6. The van der Waals surface area contributed by atoms with Crippen LogP contribution in [0.15, 0.2) is 0 Å². The van der Waals surface area contributed by atoms with Crippen molar-refractivity contribution in [3.05, 3.63) is 0 Å². The third-order valence-corrected chi connectivity index (χ3v) is 4.02. The molecular weight excluding hydrogens is 480 g/mol.